The Labute approximate surface area is 141 Å². The number of carbonyl (C=O) groups excluding carboxylic acids is 1. The van der Waals surface area contributed by atoms with E-state index in [9.17, 15) is 4.79 Å². The van der Waals surface area contributed by atoms with Gasteiger partial charge >= 0.3 is 0 Å². The van der Waals surface area contributed by atoms with E-state index in [0.717, 1.165) is 5.92 Å². The number of hydrogen-bond acceptors (Lipinski definition) is 5. The predicted octanol–water partition coefficient (Wildman–Crippen LogP) is 2.42. The first-order valence-electron chi connectivity index (χ1n) is 7.28. The van der Waals surface area contributed by atoms with Crippen LogP contribution in [0.15, 0.2) is 36.9 Å². The molecule has 0 aliphatic heterocycles. The third kappa shape index (κ3) is 3.32. The van der Waals surface area contributed by atoms with Gasteiger partial charge in [-0.25, -0.2) is 9.67 Å². The Bertz CT molecular complexity index is 732. The Balaban J connectivity index is 2.03. The number of benzene rings is 1. The highest BCUT2D eigenvalue weighted by Crippen LogP contribution is 2.30. The molecule has 24 heavy (non-hydrogen) atoms. The summed E-state index contributed by atoms with van der Waals surface area (Å²) in [6, 6.07) is 5.09. The van der Waals surface area contributed by atoms with Crippen molar-refractivity contribution in [2.75, 3.05) is 14.2 Å². The van der Waals surface area contributed by atoms with Gasteiger partial charge in [0.2, 0.25) is 5.78 Å². The van der Waals surface area contributed by atoms with Crippen LogP contribution in [0.4, 0.5) is 0 Å². The van der Waals surface area contributed by atoms with Crippen LogP contribution in [-0.4, -0.2) is 34.8 Å². The third-order valence-electron chi connectivity index (χ3n) is 3.54. The number of rotatable bonds is 6. The monoisotopic (exact) mass is 322 g/mol. The second kappa shape index (κ2) is 7.29. The summed E-state index contributed by atoms with van der Waals surface area (Å²) in [7, 11) is 3.07. The zero-order valence-corrected chi connectivity index (χ0v) is 13.3. The molecule has 2 aromatic rings. The molecule has 0 saturated heterocycles. The van der Waals surface area contributed by atoms with E-state index in [1.54, 1.807) is 31.4 Å². The maximum atomic E-state index is 13.1. The summed E-state index contributed by atoms with van der Waals surface area (Å²) in [5, 5.41) is 4.09. The summed E-state index contributed by atoms with van der Waals surface area (Å²) in [5.41, 5.74) is 0.760. The van der Waals surface area contributed by atoms with Gasteiger partial charge in [0.05, 0.1) is 19.8 Å². The van der Waals surface area contributed by atoms with Crippen LogP contribution in [0.5, 0.6) is 11.5 Å². The Kier molecular flexibility index (Phi) is 4.93. The van der Waals surface area contributed by atoms with Gasteiger partial charge in [-0.2, -0.15) is 5.10 Å². The van der Waals surface area contributed by atoms with Gasteiger partial charge < -0.3 is 9.47 Å². The summed E-state index contributed by atoms with van der Waals surface area (Å²) >= 11 is 0. The van der Waals surface area contributed by atoms with Crippen LogP contribution < -0.4 is 9.47 Å². The molecule has 0 atom stereocenters. The Morgan fingerprint density at radius 1 is 1.17 bits per heavy atom. The van der Waals surface area contributed by atoms with E-state index in [1.165, 1.54) is 24.4 Å². The summed E-state index contributed by atoms with van der Waals surface area (Å²) in [6.07, 6.45) is 12.3. The fourth-order valence-corrected chi connectivity index (χ4v) is 2.34. The molecule has 0 spiro atoms. The van der Waals surface area contributed by atoms with Crippen LogP contribution in [0.3, 0.4) is 0 Å². The number of aromatic nitrogens is 3. The number of allylic oxidation sites excluding steroid dienone is 2. The molecule has 1 aromatic heterocycles. The molecule has 121 valence electrons. The zero-order chi connectivity index (χ0) is 16.9. The number of ketones is 1. The minimum atomic E-state index is -0.238. The highest BCUT2D eigenvalue weighted by atomic mass is 16.5. The van der Waals surface area contributed by atoms with Crippen LogP contribution in [-0.2, 0) is 0 Å². The molecular weight excluding hydrogens is 306 g/mol. The van der Waals surface area contributed by atoms with Crippen molar-refractivity contribution in [2.45, 2.75) is 0 Å². The maximum absolute atomic E-state index is 13.1. The molecule has 0 bridgehead atoms. The minimum Gasteiger partial charge on any atom is -0.497 e. The van der Waals surface area contributed by atoms with Gasteiger partial charge in [0.15, 0.2) is 0 Å². The number of carbonyl (C=O) groups is 1. The van der Waals surface area contributed by atoms with Crippen LogP contribution in [0.1, 0.15) is 10.4 Å². The van der Waals surface area contributed by atoms with Gasteiger partial charge in [0.1, 0.15) is 29.9 Å². The van der Waals surface area contributed by atoms with Gasteiger partial charge in [-0.1, -0.05) is 0 Å². The maximum Gasteiger partial charge on any atom is 0.215 e. The second-order valence-corrected chi connectivity index (χ2v) is 4.98. The van der Waals surface area contributed by atoms with E-state index in [1.807, 2.05) is 25.7 Å². The van der Waals surface area contributed by atoms with Crippen LogP contribution in [0.25, 0.3) is 5.70 Å². The number of ether oxygens (including phenoxy) is 2. The van der Waals surface area contributed by atoms with Crippen molar-refractivity contribution in [1.29, 1.82) is 0 Å². The lowest BCUT2D eigenvalue weighted by atomic mass is 10.0. The number of nitrogens with zero attached hydrogens (tertiary/aromatic N) is 3. The average Bonchev–Trinajstić information content (AvgIpc) is 3.32. The molecule has 3 rings (SSSR count). The third-order valence-corrected chi connectivity index (χ3v) is 3.54. The first-order chi connectivity index (χ1) is 11.7. The number of hydrogen-bond donors (Lipinski definition) is 0. The van der Waals surface area contributed by atoms with E-state index in [0.29, 0.717) is 22.8 Å². The fourth-order valence-electron chi connectivity index (χ4n) is 2.34. The molecule has 1 aliphatic carbocycles. The Hall–Kier alpha value is -2.63. The van der Waals surface area contributed by atoms with Crippen molar-refractivity contribution in [2.24, 2.45) is 0 Å². The topological polar surface area (TPSA) is 66.2 Å². The highest BCUT2D eigenvalue weighted by Gasteiger charge is 2.23. The molecule has 1 fully saturated rings. The average molecular weight is 322 g/mol. The molecule has 0 N–H and O–H groups in total. The lowest BCUT2D eigenvalue weighted by Crippen LogP contribution is -2.13. The largest absolute Gasteiger partial charge is 0.497 e. The summed E-state index contributed by atoms with van der Waals surface area (Å²) in [4.78, 5) is 17.1. The van der Waals surface area contributed by atoms with Gasteiger partial charge in [0.25, 0.3) is 0 Å². The molecule has 0 amide bonds. The van der Waals surface area contributed by atoms with Crippen molar-refractivity contribution in [3.05, 3.63) is 74.1 Å². The van der Waals surface area contributed by atoms with E-state index in [4.69, 9.17) is 9.47 Å². The van der Waals surface area contributed by atoms with Crippen molar-refractivity contribution in [1.82, 2.24) is 14.8 Å². The van der Waals surface area contributed by atoms with Crippen LogP contribution in [0.2, 0.25) is 0 Å². The molecule has 6 heteroatoms. The second-order valence-electron chi connectivity index (χ2n) is 4.98. The quantitative estimate of drug-likeness (QED) is 0.603. The highest BCUT2D eigenvalue weighted by molar-refractivity contribution is 6.25. The van der Waals surface area contributed by atoms with E-state index < -0.39 is 0 Å². The van der Waals surface area contributed by atoms with Crippen molar-refractivity contribution in [3.8, 4) is 11.5 Å². The summed E-state index contributed by atoms with van der Waals surface area (Å²) in [6.45, 7) is 0. The normalized spacial score (nSPS) is 15.5. The standard InChI is InChI=1S/C18H16N3O3/c1-23-14-7-8-17(24-2)15(10-14)18(22)16(21-12-19-11-20-21)9-13-5-3-4-6-13/h3-12H,1-2H3/b16-9-. The van der Waals surface area contributed by atoms with Crippen LogP contribution in [0, 0.1) is 31.6 Å². The fraction of sp³-hybridized carbons (Fsp3) is 0.111. The van der Waals surface area contributed by atoms with Gasteiger partial charge in [0, 0.05) is 5.92 Å². The molecule has 1 aromatic carbocycles. The van der Waals surface area contributed by atoms with Crippen molar-refractivity contribution in [3.63, 3.8) is 0 Å². The SMILES string of the molecule is COc1ccc(OC)c(C(=O)/C(=C/[C]2[CH][CH][CH][CH]2)n2cncn2)c1. The van der Waals surface area contributed by atoms with E-state index >= 15 is 0 Å². The molecule has 1 saturated carbocycles. The molecule has 1 heterocycles. The molecular formula is C18H16N3O3. The molecule has 0 unspecified atom stereocenters. The lowest BCUT2D eigenvalue weighted by molar-refractivity contribution is 0.104. The Morgan fingerprint density at radius 3 is 2.58 bits per heavy atom. The molecule has 6 nitrogen and oxygen atoms in total. The lowest BCUT2D eigenvalue weighted by Gasteiger charge is -2.13. The smallest absolute Gasteiger partial charge is 0.215 e. The van der Waals surface area contributed by atoms with Crippen LogP contribution >= 0.6 is 0 Å². The van der Waals surface area contributed by atoms with E-state index in [-0.39, 0.29) is 5.78 Å². The summed E-state index contributed by atoms with van der Waals surface area (Å²) < 4.78 is 12.0. The van der Waals surface area contributed by atoms with Crippen molar-refractivity contribution < 1.29 is 14.3 Å². The zero-order valence-electron chi connectivity index (χ0n) is 13.3. The Morgan fingerprint density at radius 2 is 1.96 bits per heavy atom. The number of methoxy groups -OCH3 is 2. The predicted molar refractivity (Wildman–Crippen MR) is 88.6 cm³/mol. The first-order valence-corrected chi connectivity index (χ1v) is 7.28. The van der Waals surface area contributed by atoms with Gasteiger partial charge in [-0.05, 0) is 50.0 Å². The first kappa shape index (κ1) is 16.2. The van der Waals surface area contributed by atoms with Gasteiger partial charge in [-0.15, -0.1) is 0 Å². The minimum absolute atomic E-state index is 0.238. The summed E-state index contributed by atoms with van der Waals surface area (Å²) in [5.74, 6) is 1.70. The van der Waals surface area contributed by atoms with Crippen molar-refractivity contribution >= 4 is 11.5 Å². The van der Waals surface area contributed by atoms with E-state index in [2.05, 4.69) is 10.1 Å². The van der Waals surface area contributed by atoms with Gasteiger partial charge in [-0.3, -0.25) is 4.79 Å². The number of Topliss-reactive ketones (excluding diaryl/α,β-unsaturated/α-hetero) is 1. The molecule has 5 radical (unpaired) electrons. The molecule has 1 aliphatic rings.